The summed E-state index contributed by atoms with van der Waals surface area (Å²) in [5.74, 6) is 0. The summed E-state index contributed by atoms with van der Waals surface area (Å²) in [5.41, 5.74) is 4.18. The molecule has 0 spiro atoms. The van der Waals surface area contributed by atoms with Gasteiger partial charge in [-0.3, -0.25) is 0 Å². The van der Waals surface area contributed by atoms with Crippen LogP contribution in [-0.4, -0.2) is 376 Å². The van der Waals surface area contributed by atoms with Gasteiger partial charge in [0, 0.05) is 19.6 Å². The summed E-state index contributed by atoms with van der Waals surface area (Å²) in [6, 6.07) is 15.6. The van der Waals surface area contributed by atoms with E-state index in [4.69, 9.17) is 66.3 Å². The Hall–Kier alpha value is -3.00. The lowest BCUT2D eigenvalue weighted by molar-refractivity contribution is -0.396. The van der Waals surface area contributed by atoms with Crippen LogP contribution < -0.4 is 10.6 Å². The highest BCUT2D eigenvalue weighted by Crippen LogP contribution is 2.44. The molecule has 2 aromatic carbocycles. The van der Waals surface area contributed by atoms with Crippen molar-refractivity contribution >= 4 is 0 Å². The van der Waals surface area contributed by atoms with Crippen LogP contribution in [0.3, 0.4) is 0 Å². The summed E-state index contributed by atoms with van der Waals surface area (Å²) in [6.45, 7) is -5.99. The average Bonchev–Trinajstić information content (AvgIpc) is 1.79. The molecule has 21 fully saturated rings. The van der Waals surface area contributed by atoms with Gasteiger partial charge in [-0.05, 0) is 22.3 Å². The van der Waals surface area contributed by atoms with Crippen molar-refractivity contribution in [2.24, 2.45) is 0 Å². The third-order valence-corrected chi connectivity index (χ3v) is 18.4. The van der Waals surface area contributed by atoms with Crippen LogP contribution in [0.25, 0.3) is 11.1 Å². The fourth-order valence-corrected chi connectivity index (χ4v) is 13.4. The van der Waals surface area contributed by atoms with E-state index in [1.807, 2.05) is 48.5 Å². The summed E-state index contributed by atoms with van der Waals surface area (Å²) < 4.78 is 82.1. The number of aliphatic hydroxyl groups is 20. The molecule has 0 radical (unpaired) electrons. The van der Waals surface area contributed by atoms with Crippen molar-refractivity contribution in [2.45, 2.75) is 221 Å². The zero-order chi connectivity index (χ0) is 66.4. The highest BCUT2D eigenvalue weighted by atomic mass is 16.8. The van der Waals surface area contributed by atoms with Gasteiger partial charge in [0.2, 0.25) is 0 Å². The molecule has 1 aliphatic carbocycles. The van der Waals surface area contributed by atoms with Crippen LogP contribution in [0.2, 0.25) is 0 Å². The van der Waals surface area contributed by atoms with Crippen LogP contribution in [0, 0.1) is 0 Å². The fraction of sp³-hybridized carbons (Fsp3) is 0.789. The summed E-state index contributed by atoms with van der Waals surface area (Å²) in [5, 5.41) is 232. The lowest BCUT2D eigenvalue weighted by atomic mass is 9.95. The minimum absolute atomic E-state index is 0.197. The zero-order valence-corrected chi connectivity index (χ0v) is 49.4. The second kappa shape index (κ2) is 30.6. The van der Waals surface area contributed by atoms with Crippen LogP contribution in [0.1, 0.15) is 17.2 Å². The second-order valence-corrected chi connectivity index (χ2v) is 24.2. The van der Waals surface area contributed by atoms with Gasteiger partial charge in [0.25, 0.3) is 0 Å². The molecule has 21 saturated heterocycles. The Kier molecular flexibility index (Phi) is 23.5. The molecular formula is C57H84N2O34. The summed E-state index contributed by atoms with van der Waals surface area (Å²) in [6.07, 6.45) is -69.6. The largest absolute Gasteiger partial charge is 0.394 e. The maximum Gasteiger partial charge on any atom is 0.187 e. The Morgan fingerprint density at radius 3 is 0.710 bits per heavy atom. The molecule has 21 heterocycles. The third-order valence-electron chi connectivity index (χ3n) is 18.4. The molecule has 93 heavy (non-hydrogen) atoms. The number of fused-ring (bicyclic) bond motifs is 3. The predicted octanol–water partition coefficient (Wildman–Crippen LogP) is -12.3. The van der Waals surface area contributed by atoms with Crippen molar-refractivity contribution in [2.75, 3.05) is 59.3 Å². The maximum absolute atomic E-state index is 12.0. The first-order chi connectivity index (χ1) is 44.7. The molecule has 0 unspecified atom stereocenters. The molecule has 35 atom stereocenters. The lowest BCUT2D eigenvalue weighted by Crippen LogP contribution is -2.68. The molecule has 2 aromatic rings. The van der Waals surface area contributed by atoms with Gasteiger partial charge in [-0.1, -0.05) is 48.5 Å². The van der Waals surface area contributed by atoms with Crippen LogP contribution in [0.15, 0.2) is 48.5 Å². The Labute approximate surface area is 528 Å². The van der Waals surface area contributed by atoms with Gasteiger partial charge >= 0.3 is 0 Å². The average molecular weight is 1340 g/mol. The molecule has 24 rings (SSSR count). The number of hydrogen-bond donors (Lipinski definition) is 22. The highest BCUT2D eigenvalue weighted by Gasteiger charge is 2.60. The molecule has 36 heteroatoms. The van der Waals surface area contributed by atoms with E-state index in [2.05, 4.69) is 10.6 Å². The van der Waals surface area contributed by atoms with E-state index in [1.165, 1.54) is 0 Å². The molecule has 22 aliphatic rings. The van der Waals surface area contributed by atoms with Crippen LogP contribution >= 0.6 is 0 Å². The third kappa shape index (κ3) is 14.0. The summed E-state index contributed by atoms with van der Waals surface area (Å²) >= 11 is 0. The number of rotatable bonds is 12. The topological polar surface area (TPSA) is 558 Å². The minimum atomic E-state index is -2.21. The van der Waals surface area contributed by atoms with E-state index in [0.29, 0.717) is 6.54 Å². The van der Waals surface area contributed by atoms with E-state index in [0.717, 1.165) is 22.3 Å². The molecular weight excluding hydrogens is 1260 g/mol. The second-order valence-electron chi connectivity index (χ2n) is 24.2. The molecule has 526 valence electrons. The van der Waals surface area contributed by atoms with Gasteiger partial charge in [-0.2, -0.15) is 0 Å². The van der Waals surface area contributed by atoms with Gasteiger partial charge < -0.3 is 179 Å². The van der Waals surface area contributed by atoms with Crippen LogP contribution in [-0.2, 0) is 66.3 Å². The van der Waals surface area contributed by atoms with Gasteiger partial charge in [0.05, 0.1) is 45.7 Å². The number of nitrogens with one attached hydrogen (secondary N) is 2. The summed E-state index contributed by atoms with van der Waals surface area (Å²) in [4.78, 5) is 0. The number of hydrogen-bond acceptors (Lipinski definition) is 36. The standard InChI is InChI=1S/C57H84N2O34/c60-12-23-45-32(68)39(75)53(82-23)90-47-25(14-62)84-55(41(77)34(47)70)92-49-27(16-64)86-57(43(79)36(49)72)93-50-28(17-65)85-56(42(78)35(50)71)91-48-26(15-63)83-54(40(76)33(48)69)89-46-24(13-61)81-52(38(74)31(46)67)87-44-22(80-51(88-45)37(73)30(44)66)11-58-9-10-59-29-20-7-3-1-5-18(20)19-6-2-4-8-21(19)29/h1-8,22-79H,9-17H2/t22-,23-,24-,25-,26-,27-,28-,30-,31-,32-,33-,34-,35-,36-,37-,38-,39-,40-,41-,42-,43-,44-,45-,46-,47-,48-,49-,50-,51-,52-,53-,54-,55-,56-,57-/m1/s1. The van der Waals surface area contributed by atoms with Crippen molar-refractivity contribution in [1.82, 2.24) is 10.6 Å². The van der Waals surface area contributed by atoms with Gasteiger partial charge in [-0.25, -0.2) is 0 Å². The first-order valence-corrected chi connectivity index (χ1v) is 30.6. The molecule has 22 N–H and O–H groups in total. The van der Waals surface area contributed by atoms with E-state index >= 15 is 0 Å². The Balaban J connectivity index is 0.865. The molecule has 36 nitrogen and oxygen atoms in total. The smallest absolute Gasteiger partial charge is 0.187 e. The van der Waals surface area contributed by atoms with Crippen LogP contribution in [0.5, 0.6) is 0 Å². The first-order valence-electron chi connectivity index (χ1n) is 30.6. The zero-order valence-electron chi connectivity index (χ0n) is 49.4. The number of benzene rings is 2. The van der Waals surface area contributed by atoms with Crippen molar-refractivity contribution in [1.29, 1.82) is 0 Å². The monoisotopic (exact) mass is 1340 g/mol. The minimum Gasteiger partial charge on any atom is -0.394 e. The van der Waals surface area contributed by atoms with E-state index in [9.17, 15) is 102 Å². The van der Waals surface area contributed by atoms with Crippen LogP contribution in [0.4, 0.5) is 0 Å². The summed E-state index contributed by atoms with van der Waals surface area (Å²) in [7, 11) is 0. The number of aliphatic hydroxyl groups excluding tert-OH is 20. The maximum atomic E-state index is 12.0. The lowest BCUT2D eigenvalue weighted by Gasteiger charge is -2.50. The first kappa shape index (κ1) is 71.3. The van der Waals surface area contributed by atoms with E-state index < -0.39 is 255 Å². The fourth-order valence-electron chi connectivity index (χ4n) is 13.4. The SMILES string of the molecule is OC[C@H]1O[C@@H]2O[C@H]3[C@H](O)[C@@H](O)[C@@H](O[C@H]4[C@H](O)[C@@H](O)[C@@H](O[C@H]5[C@H](O)[C@@H](O)[C@@H](O[C@H]6[C@H](O)[C@@H](O)[C@@H](O[C@H]7[C@H](O)[C@@H](O)[C@@H](O[C@H]8[C@H](O)[C@@H](O)[C@@H](O[C@H]1[C@H](O)[C@H]2O)O[C@@H]8CO)O[C@@H]7CO)O[C@@H]6CO)O[C@@H]5CNCCNC1c2ccccc2-c2ccccc21)O[C@@H]4CO)O[C@@H]3CO. The normalized spacial score (nSPS) is 48.4. The highest BCUT2D eigenvalue weighted by molar-refractivity contribution is 5.78. The molecule has 21 aliphatic heterocycles. The molecule has 0 saturated carbocycles. The molecule has 0 amide bonds. The Morgan fingerprint density at radius 2 is 0.473 bits per heavy atom. The Morgan fingerprint density at radius 1 is 0.258 bits per heavy atom. The molecule has 0 aromatic heterocycles. The Bertz CT molecular complexity index is 2640. The van der Waals surface area contributed by atoms with Crippen molar-refractivity contribution in [3.8, 4) is 11.1 Å². The van der Waals surface area contributed by atoms with Gasteiger partial charge in [-0.15, -0.1) is 0 Å². The van der Waals surface area contributed by atoms with Crippen molar-refractivity contribution in [3.05, 3.63) is 59.7 Å². The van der Waals surface area contributed by atoms with Gasteiger partial charge in [0.1, 0.15) is 171 Å². The number of ether oxygens (including phenoxy) is 14. The van der Waals surface area contributed by atoms with E-state index in [1.54, 1.807) is 0 Å². The van der Waals surface area contributed by atoms with Gasteiger partial charge in [0.15, 0.2) is 44.0 Å². The van der Waals surface area contributed by atoms with E-state index in [-0.39, 0.29) is 19.1 Å². The van der Waals surface area contributed by atoms with Crippen molar-refractivity contribution < 1.29 is 168 Å². The van der Waals surface area contributed by atoms with Crippen molar-refractivity contribution in [3.63, 3.8) is 0 Å². The molecule has 14 bridgehead atoms. The quantitative estimate of drug-likeness (QED) is 0.0878. The predicted molar refractivity (Wildman–Crippen MR) is 296 cm³/mol.